The molecule has 1 aliphatic heterocycles. The van der Waals surface area contributed by atoms with Crippen LogP contribution in [-0.2, 0) is 4.79 Å². The van der Waals surface area contributed by atoms with Crippen LogP contribution in [0.1, 0.15) is 17.7 Å². The van der Waals surface area contributed by atoms with E-state index in [1.54, 1.807) is 17.4 Å². The van der Waals surface area contributed by atoms with Crippen molar-refractivity contribution in [2.24, 2.45) is 5.73 Å². The normalized spacial score (nSPS) is 19.2. The van der Waals surface area contributed by atoms with Crippen LogP contribution in [0.3, 0.4) is 0 Å². The van der Waals surface area contributed by atoms with Gasteiger partial charge < -0.3 is 10.6 Å². The largest absolute Gasteiger partial charge is 0.335 e. The number of thiophene rings is 1. The summed E-state index contributed by atoms with van der Waals surface area (Å²) in [5, 5.41) is 2.00. The lowest BCUT2D eigenvalue weighted by molar-refractivity contribution is -0.126. The van der Waals surface area contributed by atoms with E-state index in [1.165, 1.54) is 0 Å². The molecule has 0 saturated carbocycles. The maximum Gasteiger partial charge on any atom is 0.246 e. The van der Waals surface area contributed by atoms with E-state index in [9.17, 15) is 4.79 Å². The average molecular weight is 443 g/mol. The molecule has 1 aromatic rings. The van der Waals surface area contributed by atoms with Gasteiger partial charge in [0.05, 0.1) is 0 Å². The zero-order chi connectivity index (χ0) is 12.3. The van der Waals surface area contributed by atoms with E-state index in [-0.39, 0.29) is 35.9 Å². The summed E-state index contributed by atoms with van der Waals surface area (Å²) in [6.45, 7) is 1.39. The van der Waals surface area contributed by atoms with Gasteiger partial charge in [0, 0.05) is 39.9 Å². The number of carbonyl (C=O) groups is 1. The molecule has 100 valence electrons. The summed E-state index contributed by atoms with van der Waals surface area (Å²) in [7, 11) is 0. The van der Waals surface area contributed by atoms with Crippen LogP contribution in [0.4, 0.5) is 0 Å². The van der Waals surface area contributed by atoms with Crippen molar-refractivity contribution in [2.75, 3.05) is 13.1 Å². The molecule has 3 nitrogen and oxygen atoms in total. The molecule has 0 spiro atoms. The summed E-state index contributed by atoms with van der Waals surface area (Å²) in [5.74, 6) is 0.0717. The molecule has 0 radical (unpaired) electrons. The van der Waals surface area contributed by atoms with Crippen molar-refractivity contribution in [3.05, 3.63) is 26.9 Å². The van der Waals surface area contributed by atoms with Gasteiger partial charge in [0.1, 0.15) is 0 Å². The average Bonchev–Trinajstić information content (AvgIpc) is 2.94. The molecule has 2 heterocycles. The first-order valence-electron chi connectivity index (χ1n) is 5.63. The van der Waals surface area contributed by atoms with Crippen molar-refractivity contribution < 1.29 is 4.79 Å². The summed E-state index contributed by atoms with van der Waals surface area (Å²) in [5.41, 5.74) is 5.65. The van der Waals surface area contributed by atoms with E-state index in [2.05, 4.69) is 15.9 Å². The quantitative estimate of drug-likeness (QED) is 0.577. The summed E-state index contributed by atoms with van der Waals surface area (Å²) < 4.78 is 1.05. The highest BCUT2D eigenvalue weighted by Crippen LogP contribution is 2.21. The monoisotopic (exact) mass is 442 g/mol. The molecule has 1 atom stereocenters. The molecular weight excluding hydrogens is 427 g/mol. The van der Waals surface area contributed by atoms with Crippen molar-refractivity contribution in [1.29, 1.82) is 0 Å². The number of hydrogen-bond acceptors (Lipinski definition) is 3. The Labute approximate surface area is 137 Å². The highest BCUT2D eigenvalue weighted by molar-refractivity contribution is 14.0. The number of amides is 1. The molecule has 1 aromatic heterocycles. The van der Waals surface area contributed by atoms with Crippen LogP contribution in [0.2, 0.25) is 0 Å². The second-order valence-corrected chi connectivity index (χ2v) is 5.92. The lowest BCUT2D eigenvalue weighted by Crippen LogP contribution is -2.38. The van der Waals surface area contributed by atoms with Crippen molar-refractivity contribution in [3.8, 4) is 0 Å². The van der Waals surface area contributed by atoms with E-state index in [4.69, 9.17) is 5.73 Å². The van der Waals surface area contributed by atoms with Crippen molar-refractivity contribution in [2.45, 2.75) is 18.9 Å². The predicted molar refractivity (Wildman–Crippen MR) is 90.3 cm³/mol. The first kappa shape index (κ1) is 16.1. The second-order valence-electron chi connectivity index (χ2n) is 4.06. The van der Waals surface area contributed by atoms with Gasteiger partial charge >= 0.3 is 0 Å². The Balaban J connectivity index is 0.00000162. The Kier molecular flexibility index (Phi) is 6.83. The van der Waals surface area contributed by atoms with Gasteiger partial charge in [-0.05, 0) is 40.9 Å². The Morgan fingerprint density at radius 3 is 3.06 bits per heavy atom. The molecule has 18 heavy (non-hydrogen) atoms. The summed E-state index contributed by atoms with van der Waals surface area (Å²) >= 11 is 5.00. The lowest BCUT2D eigenvalue weighted by atomic mass is 10.2. The van der Waals surface area contributed by atoms with Gasteiger partial charge in [0.15, 0.2) is 0 Å². The van der Waals surface area contributed by atoms with Gasteiger partial charge in [-0.2, -0.15) is 0 Å². The van der Waals surface area contributed by atoms with Crippen LogP contribution in [0.15, 0.2) is 22.0 Å². The van der Waals surface area contributed by atoms with Crippen LogP contribution in [0.5, 0.6) is 0 Å². The van der Waals surface area contributed by atoms with Gasteiger partial charge in [-0.1, -0.05) is 0 Å². The first-order valence-corrected chi connectivity index (χ1v) is 7.31. The van der Waals surface area contributed by atoms with E-state index in [0.717, 1.165) is 28.7 Å². The first-order chi connectivity index (χ1) is 8.20. The molecule has 2 rings (SSSR count). The minimum atomic E-state index is 0. The predicted octanol–water partition coefficient (Wildman–Crippen LogP) is 3.09. The minimum Gasteiger partial charge on any atom is -0.335 e. The fraction of sp³-hybridized carbons (Fsp3) is 0.417. The minimum absolute atomic E-state index is 0. The summed E-state index contributed by atoms with van der Waals surface area (Å²) in [6, 6.07) is 2.22. The van der Waals surface area contributed by atoms with E-state index >= 15 is 0 Å². The summed E-state index contributed by atoms with van der Waals surface area (Å²) in [6.07, 6.45) is 5.60. The van der Waals surface area contributed by atoms with Crippen molar-refractivity contribution in [3.63, 3.8) is 0 Å². The van der Waals surface area contributed by atoms with Crippen molar-refractivity contribution in [1.82, 2.24) is 4.90 Å². The van der Waals surface area contributed by atoms with Crippen LogP contribution >= 0.6 is 51.2 Å². The zero-order valence-corrected chi connectivity index (χ0v) is 14.6. The standard InChI is InChI=1S/C12H15BrN2OS.HI/c13-9-6-11(17-8-9)3-4-12(16)15-5-1-2-10(15)7-14;/h3-4,6,8,10H,1-2,5,7,14H2;1H. The highest BCUT2D eigenvalue weighted by atomic mass is 127. The van der Waals surface area contributed by atoms with Gasteiger partial charge in [-0.15, -0.1) is 35.3 Å². The molecule has 1 saturated heterocycles. The van der Waals surface area contributed by atoms with Crippen LogP contribution in [-0.4, -0.2) is 29.9 Å². The van der Waals surface area contributed by atoms with Crippen LogP contribution in [0.25, 0.3) is 6.08 Å². The maximum absolute atomic E-state index is 12.0. The van der Waals surface area contributed by atoms with Crippen LogP contribution in [0, 0.1) is 0 Å². The SMILES string of the molecule is I.NCC1CCCN1C(=O)C=Cc1cc(Br)cs1. The third-order valence-corrected chi connectivity index (χ3v) is 4.57. The number of halogens is 2. The van der Waals surface area contributed by atoms with Crippen molar-refractivity contribution >= 4 is 63.2 Å². The smallest absolute Gasteiger partial charge is 0.246 e. The molecule has 1 fully saturated rings. The van der Waals surface area contributed by atoms with E-state index in [1.807, 2.05) is 22.4 Å². The molecule has 2 N–H and O–H groups in total. The Morgan fingerprint density at radius 2 is 2.44 bits per heavy atom. The second kappa shape index (κ2) is 7.62. The molecule has 0 aliphatic carbocycles. The van der Waals surface area contributed by atoms with Crippen LogP contribution < -0.4 is 5.73 Å². The molecule has 1 unspecified atom stereocenters. The third kappa shape index (κ3) is 4.04. The zero-order valence-electron chi connectivity index (χ0n) is 9.84. The molecule has 0 bridgehead atoms. The summed E-state index contributed by atoms with van der Waals surface area (Å²) in [4.78, 5) is 14.9. The van der Waals surface area contributed by atoms with Gasteiger partial charge in [-0.3, -0.25) is 4.79 Å². The van der Waals surface area contributed by atoms with E-state index < -0.39 is 0 Å². The lowest BCUT2D eigenvalue weighted by Gasteiger charge is -2.21. The molecule has 0 aromatic carbocycles. The van der Waals surface area contributed by atoms with E-state index in [0.29, 0.717) is 6.54 Å². The number of rotatable bonds is 3. The Hall–Kier alpha value is 0.0800. The van der Waals surface area contributed by atoms with Gasteiger partial charge in [-0.25, -0.2) is 0 Å². The molecular formula is C12H16BrIN2OS. The fourth-order valence-corrected chi connectivity index (χ4v) is 3.37. The number of likely N-dealkylation sites (tertiary alicyclic amines) is 1. The third-order valence-electron chi connectivity index (χ3n) is 2.91. The number of nitrogens with two attached hydrogens (primary N) is 1. The number of hydrogen-bond donors (Lipinski definition) is 1. The molecule has 1 amide bonds. The van der Waals surface area contributed by atoms with Gasteiger partial charge in [0.2, 0.25) is 5.91 Å². The Bertz CT molecular complexity index is 435. The Morgan fingerprint density at radius 1 is 1.67 bits per heavy atom. The maximum atomic E-state index is 12.0. The topological polar surface area (TPSA) is 46.3 Å². The number of carbonyl (C=O) groups excluding carboxylic acids is 1. The highest BCUT2D eigenvalue weighted by Gasteiger charge is 2.25. The number of nitrogens with zero attached hydrogens (tertiary/aromatic N) is 1. The van der Waals surface area contributed by atoms with Gasteiger partial charge in [0.25, 0.3) is 0 Å². The fourth-order valence-electron chi connectivity index (χ4n) is 2.04. The molecule has 1 aliphatic rings. The molecule has 6 heteroatoms.